The zero-order valence-corrected chi connectivity index (χ0v) is 13.0. The van der Waals surface area contributed by atoms with E-state index in [1.54, 1.807) is 0 Å². The summed E-state index contributed by atoms with van der Waals surface area (Å²) < 4.78 is 6.55. The predicted molar refractivity (Wildman–Crippen MR) is 82.6 cm³/mol. The molecule has 1 aromatic heterocycles. The summed E-state index contributed by atoms with van der Waals surface area (Å²) in [5, 5.41) is 0.653. The first-order valence-electron chi connectivity index (χ1n) is 6.70. The van der Waals surface area contributed by atoms with Crippen LogP contribution in [0, 0.1) is 0 Å². The zero-order chi connectivity index (χ0) is 15.6. The van der Waals surface area contributed by atoms with Gasteiger partial charge in [0.2, 0.25) is 0 Å². The standard InChI is InChI=1S/C15H18ClN3O2/c1-4-12-18-13(15(20)21-3)14(17)19(12)9(2)10-7-5-6-8-11(10)16/h5-9H,4,17H2,1-3H3. The number of anilines is 1. The normalized spacial score (nSPS) is 12.2. The molecule has 0 saturated heterocycles. The highest BCUT2D eigenvalue weighted by molar-refractivity contribution is 6.31. The lowest BCUT2D eigenvalue weighted by Gasteiger charge is -2.19. The van der Waals surface area contributed by atoms with Crippen LogP contribution in [-0.2, 0) is 11.2 Å². The van der Waals surface area contributed by atoms with Crippen molar-refractivity contribution in [1.82, 2.24) is 9.55 Å². The third-order valence-corrected chi connectivity index (χ3v) is 3.80. The van der Waals surface area contributed by atoms with Crippen molar-refractivity contribution in [2.24, 2.45) is 0 Å². The van der Waals surface area contributed by atoms with E-state index < -0.39 is 5.97 Å². The van der Waals surface area contributed by atoms with Crippen LogP contribution < -0.4 is 5.73 Å². The fraction of sp³-hybridized carbons (Fsp3) is 0.333. The Labute approximate surface area is 128 Å². The van der Waals surface area contributed by atoms with Crippen LogP contribution in [0.15, 0.2) is 24.3 Å². The number of benzene rings is 1. The topological polar surface area (TPSA) is 70.1 Å². The maximum atomic E-state index is 11.7. The fourth-order valence-corrected chi connectivity index (χ4v) is 2.67. The van der Waals surface area contributed by atoms with Crippen molar-refractivity contribution in [1.29, 1.82) is 0 Å². The Morgan fingerprint density at radius 3 is 2.71 bits per heavy atom. The molecule has 1 heterocycles. The lowest BCUT2D eigenvalue weighted by molar-refractivity contribution is 0.0595. The summed E-state index contributed by atoms with van der Waals surface area (Å²) >= 11 is 6.25. The molecule has 1 atom stereocenters. The molecule has 5 nitrogen and oxygen atoms in total. The third kappa shape index (κ3) is 2.74. The summed E-state index contributed by atoms with van der Waals surface area (Å²) in [7, 11) is 1.31. The molecule has 0 bridgehead atoms. The van der Waals surface area contributed by atoms with Gasteiger partial charge in [-0.05, 0) is 18.6 Å². The Hall–Kier alpha value is -2.01. The molecule has 0 aliphatic rings. The van der Waals surface area contributed by atoms with Gasteiger partial charge in [0.25, 0.3) is 0 Å². The second-order valence-corrected chi connectivity index (χ2v) is 5.08. The molecule has 0 aliphatic heterocycles. The molecule has 1 aromatic carbocycles. The molecule has 0 radical (unpaired) electrons. The Balaban J connectivity index is 2.55. The van der Waals surface area contributed by atoms with Crippen LogP contribution in [0.25, 0.3) is 0 Å². The minimum Gasteiger partial charge on any atom is -0.464 e. The maximum absolute atomic E-state index is 11.7. The van der Waals surface area contributed by atoms with Crippen molar-refractivity contribution >= 4 is 23.4 Å². The molecule has 0 saturated carbocycles. The number of carbonyl (C=O) groups is 1. The number of aromatic nitrogens is 2. The largest absolute Gasteiger partial charge is 0.464 e. The Bertz CT molecular complexity index is 667. The van der Waals surface area contributed by atoms with Gasteiger partial charge in [-0.2, -0.15) is 0 Å². The number of nitrogens with two attached hydrogens (primary N) is 1. The minimum absolute atomic E-state index is 0.125. The summed E-state index contributed by atoms with van der Waals surface area (Å²) in [5.74, 6) is 0.485. The molecule has 0 amide bonds. The zero-order valence-electron chi connectivity index (χ0n) is 12.3. The molecular formula is C15H18ClN3O2. The van der Waals surface area contributed by atoms with E-state index in [-0.39, 0.29) is 11.7 Å². The highest BCUT2D eigenvalue weighted by Gasteiger charge is 2.24. The highest BCUT2D eigenvalue weighted by Crippen LogP contribution is 2.30. The van der Waals surface area contributed by atoms with E-state index in [4.69, 9.17) is 22.1 Å². The Morgan fingerprint density at radius 2 is 2.14 bits per heavy atom. The lowest BCUT2D eigenvalue weighted by Crippen LogP contribution is -2.14. The maximum Gasteiger partial charge on any atom is 0.360 e. The van der Waals surface area contributed by atoms with Crippen LogP contribution in [0.2, 0.25) is 5.02 Å². The number of imidazole rings is 1. The second kappa shape index (κ2) is 6.18. The van der Waals surface area contributed by atoms with Gasteiger partial charge in [-0.15, -0.1) is 0 Å². The van der Waals surface area contributed by atoms with E-state index in [0.717, 1.165) is 11.4 Å². The molecule has 0 spiro atoms. The average Bonchev–Trinajstić information content (AvgIpc) is 2.83. The highest BCUT2D eigenvalue weighted by atomic mass is 35.5. The van der Waals surface area contributed by atoms with Crippen LogP contribution in [0.3, 0.4) is 0 Å². The Kier molecular flexibility index (Phi) is 4.53. The monoisotopic (exact) mass is 307 g/mol. The van der Waals surface area contributed by atoms with Crippen molar-refractivity contribution in [3.05, 3.63) is 46.4 Å². The number of esters is 1. The van der Waals surface area contributed by atoms with Crippen molar-refractivity contribution in [2.45, 2.75) is 26.3 Å². The number of hydrogen-bond donors (Lipinski definition) is 1. The molecule has 1 unspecified atom stereocenters. The van der Waals surface area contributed by atoms with Crippen molar-refractivity contribution in [2.75, 3.05) is 12.8 Å². The number of nitrogens with zero attached hydrogens (tertiary/aromatic N) is 2. The molecule has 21 heavy (non-hydrogen) atoms. The first-order chi connectivity index (χ1) is 10.0. The van der Waals surface area contributed by atoms with E-state index in [1.807, 2.05) is 42.7 Å². The number of aryl methyl sites for hydroxylation is 1. The quantitative estimate of drug-likeness (QED) is 0.881. The number of halogens is 1. The van der Waals surface area contributed by atoms with E-state index in [1.165, 1.54) is 7.11 Å². The van der Waals surface area contributed by atoms with Crippen LogP contribution in [-0.4, -0.2) is 22.6 Å². The number of hydrogen-bond acceptors (Lipinski definition) is 4. The third-order valence-electron chi connectivity index (χ3n) is 3.46. The molecule has 0 aliphatic carbocycles. The summed E-state index contributed by atoms with van der Waals surface area (Å²) in [5.41, 5.74) is 7.17. The van der Waals surface area contributed by atoms with Gasteiger partial charge in [-0.3, -0.25) is 0 Å². The number of nitrogen functional groups attached to an aromatic ring is 1. The smallest absolute Gasteiger partial charge is 0.360 e. The van der Waals surface area contributed by atoms with Crippen molar-refractivity contribution < 1.29 is 9.53 Å². The number of methoxy groups -OCH3 is 1. The second-order valence-electron chi connectivity index (χ2n) is 4.67. The van der Waals surface area contributed by atoms with E-state index >= 15 is 0 Å². The van der Waals surface area contributed by atoms with E-state index in [2.05, 4.69) is 4.98 Å². The van der Waals surface area contributed by atoms with Gasteiger partial charge < -0.3 is 15.0 Å². The van der Waals surface area contributed by atoms with Gasteiger partial charge in [0.15, 0.2) is 5.69 Å². The fourth-order valence-electron chi connectivity index (χ4n) is 2.37. The number of carbonyl (C=O) groups excluding carboxylic acids is 1. The molecule has 6 heteroatoms. The summed E-state index contributed by atoms with van der Waals surface area (Å²) in [4.78, 5) is 16.0. The van der Waals surface area contributed by atoms with Crippen molar-refractivity contribution in [3.8, 4) is 0 Å². The molecule has 2 N–H and O–H groups in total. The summed E-state index contributed by atoms with van der Waals surface area (Å²) in [6, 6.07) is 7.42. The van der Waals surface area contributed by atoms with Gasteiger partial charge >= 0.3 is 5.97 Å². The van der Waals surface area contributed by atoms with Gasteiger partial charge in [-0.1, -0.05) is 36.7 Å². The average molecular weight is 308 g/mol. The van der Waals surface area contributed by atoms with Crippen LogP contribution in [0.5, 0.6) is 0 Å². The first kappa shape index (κ1) is 15.4. The predicted octanol–water partition coefficient (Wildman–Crippen LogP) is 3.08. The molecule has 0 fully saturated rings. The van der Waals surface area contributed by atoms with Gasteiger partial charge in [0.05, 0.1) is 13.2 Å². The number of rotatable bonds is 4. The van der Waals surface area contributed by atoms with Gasteiger partial charge in [-0.25, -0.2) is 9.78 Å². The van der Waals surface area contributed by atoms with Gasteiger partial charge in [0.1, 0.15) is 11.6 Å². The summed E-state index contributed by atoms with van der Waals surface area (Å²) in [6.07, 6.45) is 0.649. The molecular weight excluding hydrogens is 290 g/mol. The lowest BCUT2D eigenvalue weighted by atomic mass is 10.1. The van der Waals surface area contributed by atoms with Crippen LogP contribution >= 0.6 is 11.6 Å². The SMILES string of the molecule is CCc1nc(C(=O)OC)c(N)n1C(C)c1ccccc1Cl. The molecule has 112 valence electrons. The van der Waals surface area contributed by atoms with Crippen LogP contribution in [0.4, 0.5) is 5.82 Å². The summed E-state index contributed by atoms with van der Waals surface area (Å²) in [6.45, 7) is 3.93. The first-order valence-corrected chi connectivity index (χ1v) is 7.08. The van der Waals surface area contributed by atoms with Crippen molar-refractivity contribution in [3.63, 3.8) is 0 Å². The molecule has 2 rings (SSSR count). The molecule has 2 aromatic rings. The number of ether oxygens (including phenoxy) is 1. The van der Waals surface area contributed by atoms with Gasteiger partial charge in [0, 0.05) is 11.4 Å². The van der Waals surface area contributed by atoms with Crippen LogP contribution in [0.1, 0.15) is 41.8 Å². The Morgan fingerprint density at radius 1 is 1.48 bits per heavy atom. The minimum atomic E-state index is -0.535. The van der Waals surface area contributed by atoms with E-state index in [9.17, 15) is 4.79 Å². The van der Waals surface area contributed by atoms with E-state index in [0.29, 0.717) is 17.3 Å².